The molecule has 150 valence electrons. The Labute approximate surface area is 175 Å². The Bertz CT molecular complexity index is 903. The van der Waals surface area contributed by atoms with Crippen LogP contribution in [0.2, 0.25) is 0 Å². The molecule has 0 aliphatic carbocycles. The number of hydrogen-bond acceptors (Lipinski definition) is 4. The van der Waals surface area contributed by atoms with Gasteiger partial charge < -0.3 is 9.64 Å². The zero-order valence-electron chi connectivity index (χ0n) is 16.4. The number of benzene rings is 2. The van der Waals surface area contributed by atoms with Crippen LogP contribution in [0, 0.1) is 0 Å². The van der Waals surface area contributed by atoms with Crippen molar-refractivity contribution in [3.63, 3.8) is 0 Å². The van der Waals surface area contributed by atoms with Gasteiger partial charge in [-0.1, -0.05) is 30.3 Å². The molecule has 2 amide bonds. The fraction of sp³-hybridized carbons (Fsp3) is 0.304. The summed E-state index contributed by atoms with van der Waals surface area (Å²) in [5.74, 6) is 1.40. The third-order valence-electron chi connectivity index (χ3n) is 5.53. The fourth-order valence-corrected chi connectivity index (χ4v) is 5.27. The molecule has 0 bridgehead atoms. The molecule has 2 heterocycles. The number of amides is 2. The Balaban J connectivity index is 1.44. The van der Waals surface area contributed by atoms with Gasteiger partial charge in [0, 0.05) is 24.9 Å². The molecule has 0 saturated carbocycles. The summed E-state index contributed by atoms with van der Waals surface area (Å²) >= 11 is 1.70. The average Bonchev–Trinajstić information content (AvgIpc) is 3.09. The second-order valence-electron chi connectivity index (χ2n) is 7.23. The van der Waals surface area contributed by atoms with Crippen molar-refractivity contribution in [2.45, 2.75) is 17.7 Å². The van der Waals surface area contributed by atoms with Crippen LogP contribution in [0.4, 0.5) is 5.69 Å². The molecule has 29 heavy (non-hydrogen) atoms. The van der Waals surface area contributed by atoms with E-state index in [4.69, 9.17) is 4.74 Å². The molecule has 2 aliphatic heterocycles. The Morgan fingerprint density at radius 3 is 2.41 bits per heavy atom. The van der Waals surface area contributed by atoms with Crippen LogP contribution >= 0.6 is 11.8 Å². The summed E-state index contributed by atoms with van der Waals surface area (Å²) in [7, 11) is 1.63. The lowest BCUT2D eigenvalue weighted by Gasteiger charge is -2.43. The first kappa shape index (κ1) is 19.6. The minimum Gasteiger partial charge on any atom is -0.497 e. The number of rotatable bonds is 4. The lowest BCUT2D eigenvalue weighted by molar-refractivity contribution is -0.127. The zero-order valence-corrected chi connectivity index (χ0v) is 17.2. The normalized spacial score (nSPS) is 18.6. The Hall–Kier alpha value is -2.73. The van der Waals surface area contributed by atoms with Crippen LogP contribution in [-0.4, -0.2) is 47.5 Å². The summed E-state index contributed by atoms with van der Waals surface area (Å²) < 4.78 is 5.23. The van der Waals surface area contributed by atoms with Gasteiger partial charge in [-0.05, 0) is 48.7 Å². The van der Waals surface area contributed by atoms with Crippen LogP contribution in [0.1, 0.15) is 18.4 Å². The van der Waals surface area contributed by atoms with E-state index in [0.717, 1.165) is 29.8 Å². The number of likely N-dealkylation sites (tertiary alicyclic amines) is 1. The second-order valence-corrected chi connectivity index (χ2v) is 8.57. The lowest BCUT2D eigenvalue weighted by Crippen LogP contribution is -2.53. The minimum absolute atomic E-state index is 0.0222. The van der Waals surface area contributed by atoms with Crippen LogP contribution in [0.25, 0.3) is 6.08 Å². The number of carbonyl (C=O) groups excluding carboxylic acids is 2. The third-order valence-corrected chi connectivity index (χ3v) is 7.05. The highest BCUT2D eigenvalue weighted by Crippen LogP contribution is 2.47. The molecule has 0 radical (unpaired) electrons. The van der Waals surface area contributed by atoms with Crippen LogP contribution in [0.3, 0.4) is 0 Å². The van der Waals surface area contributed by atoms with Gasteiger partial charge in [-0.2, -0.15) is 0 Å². The van der Waals surface area contributed by atoms with Gasteiger partial charge in [0.1, 0.15) is 5.75 Å². The van der Waals surface area contributed by atoms with Gasteiger partial charge in [-0.3, -0.25) is 14.5 Å². The minimum atomic E-state index is -0.272. The van der Waals surface area contributed by atoms with Gasteiger partial charge in [0.25, 0.3) is 0 Å². The molecular weight excluding hydrogens is 384 g/mol. The summed E-state index contributed by atoms with van der Waals surface area (Å²) in [5, 5.41) is 0. The maximum absolute atomic E-state index is 12.7. The number of piperidine rings is 1. The van der Waals surface area contributed by atoms with Gasteiger partial charge >= 0.3 is 0 Å². The number of anilines is 1. The molecule has 4 rings (SSSR count). The number of nitrogens with zero attached hydrogens (tertiary/aromatic N) is 2. The van der Waals surface area contributed by atoms with E-state index >= 15 is 0 Å². The van der Waals surface area contributed by atoms with Crippen LogP contribution in [0.5, 0.6) is 5.75 Å². The van der Waals surface area contributed by atoms with E-state index in [9.17, 15) is 9.59 Å². The van der Waals surface area contributed by atoms with E-state index < -0.39 is 0 Å². The van der Waals surface area contributed by atoms with Crippen LogP contribution in [0.15, 0.2) is 60.7 Å². The molecule has 0 unspecified atom stereocenters. The molecular formula is C23H24N2O3S. The largest absolute Gasteiger partial charge is 0.497 e. The smallest absolute Gasteiger partial charge is 0.246 e. The Morgan fingerprint density at radius 2 is 1.76 bits per heavy atom. The van der Waals surface area contributed by atoms with Crippen molar-refractivity contribution >= 4 is 35.3 Å². The van der Waals surface area contributed by atoms with Gasteiger partial charge in [-0.25, -0.2) is 0 Å². The summed E-state index contributed by atoms with van der Waals surface area (Å²) in [5.41, 5.74) is 1.90. The molecule has 2 fully saturated rings. The molecule has 5 nitrogen and oxygen atoms in total. The summed E-state index contributed by atoms with van der Waals surface area (Å²) in [6.45, 7) is 1.29. The van der Waals surface area contributed by atoms with Gasteiger partial charge in [0.15, 0.2) is 0 Å². The molecule has 2 aromatic carbocycles. The molecule has 2 aromatic rings. The van der Waals surface area contributed by atoms with E-state index in [1.807, 2.05) is 70.5 Å². The first-order valence-corrected chi connectivity index (χ1v) is 10.7. The predicted molar refractivity (Wildman–Crippen MR) is 117 cm³/mol. The van der Waals surface area contributed by atoms with E-state index in [1.54, 1.807) is 24.9 Å². The number of methoxy groups -OCH3 is 1. The maximum Gasteiger partial charge on any atom is 0.246 e. The van der Waals surface area contributed by atoms with Gasteiger partial charge in [0.05, 0.1) is 17.7 Å². The quantitative estimate of drug-likeness (QED) is 0.722. The van der Waals surface area contributed by atoms with Crippen molar-refractivity contribution in [3.8, 4) is 5.75 Å². The van der Waals surface area contributed by atoms with Gasteiger partial charge in [-0.15, -0.1) is 11.8 Å². The van der Waals surface area contributed by atoms with E-state index in [0.29, 0.717) is 18.8 Å². The van der Waals surface area contributed by atoms with E-state index in [1.165, 1.54) is 0 Å². The van der Waals surface area contributed by atoms with Crippen LogP contribution < -0.4 is 9.64 Å². The average molecular weight is 409 g/mol. The summed E-state index contributed by atoms with van der Waals surface area (Å²) in [4.78, 5) is 28.8. The van der Waals surface area contributed by atoms with Crippen molar-refractivity contribution in [2.24, 2.45) is 0 Å². The van der Waals surface area contributed by atoms with Crippen molar-refractivity contribution in [2.75, 3.05) is 30.9 Å². The fourth-order valence-electron chi connectivity index (χ4n) is 3.94. The highest BCUT2D eigenvalue weighted by atomic mass is 32.2. The first-order chi connectivity index (χ1) is 14.1. The molecule has 2 aliphatic rings. The standard InChI is InChI=1S/C23H24N2O3S/c1-28-20-10-8-19(9-11-20)25-22(27)17-29-23(25)13-15-24(16-14-23)21(26)12-7-18-5-3-2-4-6-18/h2-12H,13-17H2,1H3/b12-7+. The highest BCUT2D eigenvalue weighted by molar-refractivity contribution is 8.02. The van der Waals surface area contributed by atoms with Crippen molar-refractivity contribution in [1.29, 1.82) is 0 Å². The number of carbonyl (C=O) groups is 2. The summed E-state index contributed by atoms with van der Waals surface area (Å²) in [6, 6.07) is 17.4. The number of ether oxygens (including phenoxy) is 1. The molecule has 2 saturated heterocycles. The second kappa shape index (κ2) is 8.33. The molecule has 0 atom stereocenters. The monoisotopic (exact) mass is 408 g/mol. The molecule has 0 N–H and O–H groups in total. The first-order valence-electron chi connectivity index (χ1n) is 9.74. The van der Waals surface area contributed by atoms with Crippen molar-refractivity contribution < 1.29 is 14.3 Å². The summed E-state index contributed by atoms with van der Waals surface area (Å²) in [6.07, 6.45) is 5.02. The number of thioether (sulfide) groups is 1. The Morgan fingerprint density at radius 1 is 1.07 bits per heavy atom. The SMILES string of the molecule is COc1ccc(N2C(=O)CSC23CCN(C(=O)/C=C/c2ccccc2)CC3)cc1. The van der Waals surface area contributed by atoms with E-state index in [2.05, 4.69) is 0 Å². The topological polar surface area (TPSA) is 49.9 Å². The number of hydrogen-bond donors (Lipinski definition) is 0. The highest BCUT2D eigenvalue weighted by Gasteiger charge is 2.48. The van der Waals surface area contributed by atoms with Crippen molar-refractivity contribution in [3.05, 3.63) is 66.2 Å². The third kappa shape index (κ3) is 4.03. The molecule has 0 aromatic heterocycles. The van der Waals surface area contributed by atoms with Crippen molar-refractivity contribution in [1.82, 2.24) is 4.90 Å². The maximum atomic E-state index is 12.7. The Kier molecular flexibility index (Phi) is 5.62. The molecule has 6 heteroatoms. The van der Waals surface area contributed by atoms with E-state index in [-0.39, 0.29) is 16.7 Å². The molecule has 1 spiro atoms. The predicted octanol–water partition coefficient (Wildman–Crippen LogP) is 3.81. The van der Waals surface area contributed by atoms with Gasteiger partial charge in [0.2, 0.25) is 11.8 Å². The van der Waals surface area contributed by atoms with Crippen LogP contribution in [-0.2, 0) is 9.59 Å². The lowest BCUT2D eigenvalue weighted by atomic mass is 10.0. The zero-order chi connectivity index (χ0) is 20.3.